The van der Waals surface area contributed by atoms with E-state index in [1.807, 2.05) is 24.3 Å². The smallest absolute Gasteiger partial charge is 0.241 e. The molecule has 2 fully saturated rings. The summed E-state index contributed by atoms with van der Waals surface area (Å²) in [6.07, 6.45) is 8.65. The lowest BCUT2D eigenvalue weighted by molar-refractivity contribution is -0.118. The first-order valence-corrected chi connectivity index (χ1v) is 8.56. The highest BCUT2D eigenvalue weighted by molar-refractivity contribution is 5.94. The molecule has 2 N–H and O–H groups in total. The molecule has 1 heterocycles. The van der Waals surface area contributed by atoms with Crippen LogP contribution in [-0.4, -0.2) is 24.6 Å². The number of carbonyl (C=O) groups is 1. The highest BCUT2D eigenvalue weighted by atomic mass is 35.5. The van der Waals surface area contributed by atoms with Crippen LogP contribution in [0, 0.1) is 0 Å². The van der Waals surface area contributed by atoms with Crippen molar-refractivity contribution >= 4 is 24.0 Å². The molecule has 1 aromatic carbocycles. The average molecular weight is 339 g/mol. The Morgan fingerprint density at radius 1 is 1.09 bits per heavy atom. The third-order valence-corrected chi connectivity index (χ3v) is 4.64. The van der Waals surface area contributed by atoms with Gasteiger partial charge in [-0.15, -0.1) is 12.4 Å². The van der Waals surface area contributed by atoms with Gasteiger partial charge in [-0.3, -0.25) is 4.79 Å². The average Bonchev–Trinajstić information content (AvgIpc) is 3.08. The molecule has 5 heteroatoms. The van der Waals surface area contributed by atoms with Gasteiger partial charge in [-0.25, -0.2) is 0 Å². The Hall–Kier alpha value is -1.10. The summed E-state index contributed by atoms with van der Waals surface area (Å²) in [5, 5.41) is 6.26. The molecule has 1 atom stereocenters. The fourth-order valence-corrected chi connectivity index (χ4v) is 3.26. The summed E-state index contributed by atoms with van der Waals surface area (Å²) >= 11 is 0. The second-order valence-corrected chi connectivity index (χ2v) is 6.41. The molecule has 1 aliphatic heterocycles. The Morgan fingerprint density at radius 2 is 1.78 bits per heavy atom. The monoisotopic (exact) mass is 338 g/mol. The number of anilines is 1. The van der Waals surface area contributed by atoms with Crippen LogP contribution >= 0.6 is 12.4 Å². The Kier molecular flexibility index (Phi) is 7.34. The van der Waals surface area contributed by atoms with Gasteiger partial charge in [0.05, 0.1) is 18.8 Å². The fourth-order valence-electron chi connectivity index (χ4n) is 3.26. The Balaban J connectivity index is 0.00000192. The van der Waals surface area contributed by atoms with Gasteiger partial charge >= 0.3 is 0 Å². The molecule has 4 nitrogen and oxygen atoms in total. The largest absolute Gasteiger partial charge is 0.374 e. The van der Waals surface area contributed by atoms with Crippen LogP contribution in [-0.2, 0) is 16.1 Å². The molecule has 23 heavy (non-hydrogen) atoms. The minimum Gasteiger partial charge on any atom is -0.374 e. The van der Waals surface area contributed by atoms with Crippen LogP contribution in [0.25, 0.3) is 0 Å². The first-order chi connectivity index (χ1) is 10.8. The van der Waals surface area contributed by atoms with Gasteiger partial charge in [0.15, 0.2) is 0 Å². The molecular weight excluding hydrogens is 312 g/mol. The minimum atomic E-state index is -0.0425. The van der Waals surface area contributed by atoms with Gasteiger partial charge in [0.25, 0.3) is 0 Å². The zero-order valence-corrected chi connectivity index (χ0v) is 14.4. The first kappa shape index (κ1) is 18.2. The summed E-state index contributed by atoms with van der Waals surface area (Å²) in [5.74, 6) is 0.0784. The van der Waals surface area contributed by atoms with Crippen molar-refractivity contribution in [3.8, 4) is 0 Å². The molecule has 1 saturated heterocycles. The van der Waals surface area contributed by atoms with Crippen LogP contribution < -0.4 is 10.6 Å². The molecular formula is C18H27ClN2O2. The molecule has 128 valence electrons. The van der Waals surface area contributed by atoms with Crippen LogP contribution in [0.1, 0.15) is 50.5 Å². The lowest BCUT2D eigenvalue weighted by atomic mass is 10.0. The Morgan fingerprint density at radius 3 is 2.43 bits per heavy atom. The highest BCUT2D eigenvalue weighted by Crippen LogP contribution is 2.22. The maximum absolute atomic E-state index is 12.2. The SMILES string of the molecule is Cl.O=C(Nc1ccc(COC2CCCC2)cc1)C1CCCCN1. The van der Waals surface area contributed by atoms with Crippen LogP contribution in [0.4, 0.5) is 5.69 Å². The van der Waals surface area contributed by atoms with Crippen LogP contribution in [0.3, 0.4) is 0 Å². The number of carbonyl (C=O) groups excluding carboxylic acids is 1. The number of halogens is 1. The maximum atomic E-state index is 12.2. The number of nitrogens with one attached hydrogen (secondary N) is 2. The molecule has 0 radical (unpaired) electrons. The van der Waals surface area contributed by atoms with Gasteiger partial charge in [-0.1, -0.05) is 31.4 Å². The molecule has 2 aliphatic rings. The Labute approximate surface area is 144 Å². The quantitative estimate of drug-likeness (QED) is 0.861. The van der Waals surface area contributed by atoms with Gasteiger partial charge in [0.1, 0.15) is 0 Å². The number of hydrogen-bond acceptors (Lipinski definition) is 3. The zero-order chi connectivity index (χ0) is 15.2. The van der Waals surface area contributed by atoms with E-state index in [4.69, 9.17) is 4.74 Å². The van der Waals surface area contributed by atoms with E-state index in [1.165, 1.54) is 37.7 Å². The van der Waals surface area contributed by atoms with Gasteiger partial charge in [0, 0.05) is 5.69 Å². The molecule has 0 aromatic heterocycles. The highest BCUT2D eigenvalue weighted by Gasteiger charge is 2.20. The van der Waals surface area contributed by atoms with E-state index in [1.54, 1.807) is 0 Å². The summed E-state index contributed by atoms with van der Waals surface area (Å²) in [7, 11) is 0. The number of amides is 1. The normalized spacial score (nSPS) is 21.7. The predicted octanol–water partition coefficient (Wildman–Crippen LogP) is 3.65. The molecule has 1 aromatic rings. The third kappa shape index (κ3) is 5.48. The van der Waals surface area contributed by atoms with Crippen molar-refractivity contribution in [2.24, 2.45) is 0 Å². The second-order valence-electron chi connectivity index (χ2n) is 6.41. The van der Waals surface area contributed by atoms with Crippen LogP contribution in [0.2, 0.25) is 0 Å². The third-order valence-electron chi connectivity index (χ3n) is 4.64. The summed E-state index contributed by atoms with van der Waals surface area (Å²) in [6.45, 7) is 1.61. The number of ether oxygens (including phenoxy) is 1. The number of benzene rings is 1. The van der Waals surface area contributed by atoms with E-state index in [0.29, 0.717) is 12.7 Å². The van der Waals surface area contributed by atoms with E-state index < -0.39 is 0 Å². The molecule has 1 saturated carbocycles. The van der Waals surface area contributed by atoms with Crippen molar-refractivity contribution in [2.45, 2.75) is 63.7 Å². The molecule has 3 rings (SSSR count). The number of piperidine rings is 1. The van der Waals surface area contributed by atoms with E-state index in [0.717, 1.165) is 25.1 Å². The summed E-state index contributed by atoms with van der Waals surface area (Å²) in [6, 6.07) is 7.97. The lowest BCUT2D eigenvalue weighted by Crippen LogP contribution is -2.43. The zero-order valence-electron chi connectivity index (χ0n) is 13.6. The van der Waals surface area contributed by atoms with Gasteiger partial charge in [0.2, 0.25) is 5.91 Å². The second kappa shape index (κ2) is 9.26. The fraction of sp³-hybridized carbons (Fsp3) is 0.611. The molecule has 0 bridgehead atoms. The maximum Gasteiger partial charge on any atom is 0.241 e. The van der Waals surface area contributed by atoms with Gasteiger partial charge < -0.3 is 15.4 Å². The van der Waals surface area contributed by atoms with E-state index >= 15 is 0 Å². The van der Waals surface area contributed by atoms with Crippen LogP contribution in [0.5, 0.6) is 0 Å². The van der Waals surface area contributed by atoms with Crippen molar-refractivity contribution in [1.29, 1.82) is 0 Å². The van der Waals surface area contributed by atoms with Crippen molar-refractivity contribution in [3.63, 3.8) is 0 Å². The van der Waals surface area contributed by atoms with Crippen LogP contribution in [0.15, 0.2) is 24.3 Å². The van der Waals surface area contributed by atoms with Crippen molar-refractivity contribution in [1.82, 2.24) is 5.32 Å². The van der Waals surface area contributed by atoms with E-state index in [-0.39, 0.29) is 24.4 Å². The number of hydrogen-bond donors (Lipinski definition) is 2. The van der Waals surface area contributed by atoms with E-state index in [9.17, 15) is 4.79 Å². The van der Waals surface area contributed by atoms with E-state index in [2.05, 4.69) is 10.6 Å². The number of rotatable bonds is 5. The first-order valence-electron chi connectivity index (χ1n) is 8.56. The van der Waals surface area contributed by atoms with Crippen molar-refractivity contribution in [3.05, 3.63) is 29.8 Å². The summed E-state index contributed by atoms with van der Waals surface area (Å²) < 4.78 is 5.91. The topological polar surface area (TPSA) is 50.4 Å². The van der Waals surface area contributed by atoms with Crippen molar-refractivity contribution in [2.75, 3.05) is 11.9 Å². The van der Waals surface area contributed by atoms with Gasteiger partial charge in [-0.05, 0) is 49.9 Å². The molecule has 1 unspecified atom stereocenters. The standard InChI is InChI=1S/C18H26N2O2.ClH/c21-18(17-7-3-4-12-19-17)20-15-10-8-14(9-11-15)13-22-16-5-1-2-6-16;/h8-11,16-17,19H,1-7,12-13H2,(H,20,21);1H. The summed E-state index contributed by atoms with van der Waals surface area (Å²) in [5.41, 5.74) is 2.03. The predicted molar refractivity (Wildman–Crippen MR) is 95.0 cm³/mol. The van der Waals surface area contributed by atoms with Gasteiger partial charge in [-0.2, -0.15) is 0 Å². The summed E-state index contributed by atoms with van der Waals surface area (Å²) in [4.78, 5) is 12.2. The molecule has 0 spiro atoms. The minimum absolute atomic E-state index is 0. The molecule has 1 amide bonds. The Bertz CT molecular complexity index is 480. The van der Waals surface area contributed by atoms with Crippen molar-refractivity contribution < 1.29 is 9.53 Å². The molecule has 1 aliphatic carbocycles. The lowest BCUT2D eigenvalue weighted by Gasteiger charge is -2.22.